The van der Waals surface area contributed by atoms with Gasteiger partial charge in [-0.1, -0.05) is 19.3 Å². The lowest BCUT2D eigenvalue weighted by Crippen LogP contribution is -2.38. The van der Waals surface area contributed by atoms with Gasteiger partial charge in [-0.05, 0) is 37.3 Å². The van der Waals surface area contributed by atoms with E-state index in [0.29, 0.717) is 5.69 Å². The van der Waals surface area contributed by atoms with Crippen LogP contribution in [0.4, 0.5) is 11.4 Å². The predicted molar refractivity (Wildman–Crippen MR) is 79.5 cm³/mol. The highest BCUT2D eigenvalue weighted by atomic mass is 16.6. The largest absolute Gasteiger partial charge is 0.480 e. The van der Waals surface area contributed by atoms with Gasteiger partial charge >= 0.3 is 5.97 Å². The lowest BCUT2D eigenvalue weighted by atomic mass is 9.84. The van der Waals surface area contributed by atoms with Crippen LogP contribution in [0, 0.1) is 23.0 Å². The zero-order valence-corrected chi connectivity index (χ0v) is 12.0. The van der Waals surface area contributed by atoms with E-state index in [1.165, 1.54) is 12.1 Å². The number of hydrogen-bond donors (Lipinski definition) is 2. The number of nitro benzene ring substituents is 1. The zero-order valence-electron chi connectivity index (χ0n) is 12.0. The SMILES string of the molecule is Cc1cc(NC(C(=O)O)C2CCCCC2)cc([N+](=O)[O-])c1. The van der Waals surface area contributed by atoms with Crippen LogP contribution in [0.3, 0.4) is 0 Å². The van der Waals surface area contributed by atoms with Crippen molar-refractivity contribution in [2.45, 2.75) is 45.1 Å². The average Bonchev–Trinajstić information content (AvgIpc) is 2.44. The van der Waals surface area contributed by atoms with Crippen molar-refractivity contribution in [2.75, 3.05) is 5.32 Å². The van der Waals surface area contributed by atoms with Crippen LogP contribution in [0.1, 0.15) is 37.7 Å². The second-order valence-corrected chi connectivity index (χ2v) is 5.67. The van der Waals surface area contributed by atoms with Crippen LogP contribution in [-0.2, 0) is 4.79 Å². The van der Waals surface area contributed by atoms with Gasteiger partial charge in [-0.25, -0.2) is 4.79 Å². The Kier molecular flexibility index (Phi) is 4.77. The van der Waals surface area contributed by atoms with Crippen molar-refractivity contribution in [1.29, 1.82) is 0 Å². The summed E-state index contributed by atoms with van der Waals surface area (Å²) in [4.78, 5) is 21.9. The lowest BCUT2D eigenvalue weighted by molar-refractivity contribution is -0.384. The van der Waals surface area contributed by atoms with Gasteiger partial charge in [0.2, 0.25) is 0 Å². The van der Waals surface area contributed by atoms with Crippen LogP contribution in [0.25, 0.3) is 0 Å². The van der Waals surface area contributed by atoms with Crippen molar-refractivity contribution in [3.05, 3.63) is 33.9 Å². The first-order chi connectivity index (χ1) is 9.97. The highest BCUT2D eigenvalue weighted by molar-refractivity contribution is 5.78. The number of nitrogens with one attached hydrogen (secondary N) is 1. The molecular formula is C15H20N2O4. The monoisotopic (exact) mass is 292 g/mol. The molecule has 1 aromatic rings. The Labute approximate surface area is 123 Å². The standard InChI is InChI=1S/C15H20N2O4/c1-10-7-12(9-13(8-10)17(20)21)16-14(15(18)19)11-5-3-2-4-6-11/h7-9,11,14,16H,2-6H2,1H3,(H,18,19). The molecule has 0 spiro atoms. The molecule has 0 amide bonds. The van der Waals surface area contributed by atoms with Crippen molar-refractivity contribution < 1.29 is 14.8 Å². The van der Waals surface area contributed by atoms with Gasteiger partial charge in [0.05, 0.1) is 4.92 Å². The molecule has 0 aromatic heterocycles. The first-order valence-corrected chi connectivity index (χ1v) is 7.23. The zero-order chi connectivity index (χ0) is 15.4. The Bertz CT molecular complexity index is 538. The molecule has 1 aromatic carbocycles. The number of carboxylic acids is 1. The normalized spacial score (nSPS) is 17.2. The molecule has 2 N–H and O–H groups in total. The molecule has 6 heteroatoms. The van der Waals surface area contributed by atoms with Gasteiger partial charge in [0.1, 0.15) is 6.04 Å². The number of rotatable bonds is 5. The smallest absolute Gasteiger partial charge is 0.326 e. The summed E-state index contributed by atoms with van der Waals surface area (Å²) in [6, 6.07) is 3.92. The summed E-state index contributed by atoms with van der Waals surface area (Å²) in [6.45, 7) is 1.76. The molecule has 1 aliphatic rings. The predicted octanol–water partition coefficient (Wildman–Crippen LogP) is 3.35. The molecule has 1 atom stereocenters. The molecule has 1 aliphatic carbocycles. The van der Waals surface area contributed by atoms with Crippen LogP contribution < -0.4 is 5.32 Å². The van der Waals surface area contributed by atoms with E-state index in [9.17, 15) is 20.0 Å². The number of carboxylic acid groups (broad SMARTS) is 1. The third-order valence-corrected chi connectivity index (χ3v) is 3.98. The van der Waals surface area contributed by atoms with Gasteiger partial charge in [0, 0.05) is 17.8 Å². The highest BCUT2D eigenvalue weighted by Gasteiger charge is 2.29. The number of benzene rings is 1. The van der Waals surface area contributed by atoms with E-state index in [4.69, 9.17) is 0 Å². The van der Waals surface area contributed by atoms with Crippen LogP contribution in [0.2, 0.25) is 0 Å². The first kappa shape index (κ1) is 15.3. The number of aryl methyl sites for hydroxylation is 1. The molecule has 0 saturated heterocycles. The summed E-state index contributed by atoms with van der Waals surface area (Å²) in [5, 5.41) is 23.3. The minimum Gasteiger partial charge on any atom is -0.480 e. The van der Waals surface area contributed by atoms with Crippen molar-refractivity contribution >= 4 is 17.3 Å². The third-order valence-electron chi connectivity index (χ3n) is 3.98. The fourth-order valence-electron chi connectivity index (χ4n) is 2.98. The van der Waals surface area contributed by atoms with Crippen molar-refractivity contribution in [1.82, 2.24) is 0 Å². The number of non-ortho nitro benzene ring substituents is 1. The minimum atomic E-state index is -0.897. The molecule has 6 nitrogen and oxygen atoms in total. The van der Waals surface area contributed by atoms with E-state index in [1.807, 2.05) is 0 Å². The Morgan fingerprint density at radius 1 is 1.33 bits per heavy atom. The maximum Gasteiger partial charge on any atom is 0.326 e. The molecule has 0 aliphatic heterocycles. The summed E-state index contributed by atoms with van der Waals surface area (Å²) in [6.07, 6.45) is 5.02. The van der Waals surface area contributed by atoms with Crippen LogP contribution in [-0.4, -0.2) is 22.0 Å². The summed E-state index contributed by atoms with van der Waals surface area (Å²) < 4.78 is 0. The summed E-state index contributed by atoms with van der Waals surface area (Å²) >= 11 is 0. The number of nitrogens with zero attached hydrogens (tertiary/aromatic N) is 1. The fraction of sp³-hybridized carbons (Fsp3) is 0.533. The van der Waals surface area contributed by atoms with E-state index in [1.54, 1.807) is 13.0 Å². The number of aliphatic carboxylic acids is 1. The lowest BCUT2D eigenvalue weighted by Gasteiger charge is -2.28. The molecule has 1 saturated carbocycles. The van der Waals surface area contributed by atoms with Gasteiger partial charge in [0.25, 0.3) is 5.69 Å². The molecule has 21 heavy (non-hydrogen) atoms. The molecule has 1 fully saturated rings. The Morgan fingerprint density at radius 3 is 2.57 bits per heavy atom. The van der Waals surface area contributed by atoms with Gasteiger partial charge in [-0.2, -0.15) is 0 Å². The summed E-state index contributed by atoms with van der Waals surface area (Å²) in [5.41, 5.74) is 1.21. The molecule has 114 valence electrons. The minimum absolute atomic E-state index is 0.0229. The number of carbonyl (C=O) groups is 1. The van der Waals surface area contributed by atoms with E-state index < -0.39 is 16.9 Å². The Morgan fingerprint density at radius 2 is 2.00 bits per heavy atom. The fourth-order valence-corrected chi connectivity index (χ4v) is 2.98. The summed E-state index contributed by atoms with van der Waals surface area (Å²) in [7, 11) is 0. The van der Waals surface area contributed by atoms with Crippen molar-refractivity contribution in [3.63, 3.8) is 0 Å². The molecular weight excluding hydrogens is 272 g/mol. The van der Waals surface area contributed by atoms with Crippen LogP contribution in [0.15, 0.2) is 18.2 Å². The van der Waals surface area contributed by atoms with Crippen LogP contribution in [0.5, 0.6) is 0 Å². The van der Waals surface area contributed by atoms with E-state index in [2.05, 4.69) is 5.32 Å². The maximum atomic E-state index is 11.5. The molecule has 0 heterocycles. The highest BCUT2D eigenvalue weighted by Crippen LogP contribution is 2.29. The van der Waals surface area contributed by atoms with Gasteiger partial charge in [0.15, 0.2) is 0 Å². The first-order valence-electron chi connectivity index (χ1n) is 7.23. The second-order valence-electron chi connectivity index (χ2n) is 5.67. The maximum absolute atomic E-state index is 11.5. The average molecular weight is 292 g/mol. The van der Waals surface area contributed by atoms with Crippen LogP contribution >= 0.6 is 0 Å². The third kappa shape index (κ3) is 3.93. The summed E-state index contributed by atoms with van der Waals surface area (Å²) in [5.74, 6) is -0.818. The van der Waals surface area contributed by atoms with Gasteiger partial charge < -0.3 is 10.4 Å². The molecule has 0 radical (unpaired) electrons. The quantitative estimate of drug-likeness (QED) is 0.641. The van der Waals surface area contributed by atoms with Gasteiger partial charge in [-0.15, -0.1) is 0 Å². The van der Waals surface area contributed by atoms with Crippen molar-refractivity contribution in [3.8, 4) is 0 Å². The topological polar surface area (TPSA) is 92.5 Å². The Balaban J connectivity index is 2.20. The number of hydrogen-bond acceptors (Lipinski definition) is 4. The Hall–Kier alpha value is -2.11. The van der Waals surface area contributed by atoms with Gasteiger partial charge in [-0.3, -0.25) is 10.1 Å². The van der Waals surface area contributed by atoms with E-state index in [-0.39, 0.29) is 11.6 Å². The van der Waals surface area contributed by atoms with E-state index in [0.717, 1.165) is 37.7 Å². The molecule has 0 bridgehead atoms. The second kappa shape index (κ2) is 6.56. The molecule has 1 unspecified atom stereocenters. The number of anilines is 1. The van der Waals surface area contributed by atoms with Crippen molar-refractivity contribution in [2.24, 2.45) is 5.92 Å². The molecule has 2 rings (SSSR count). The number of nitro groups is 1. The van der Waals surface area contributed by atoms with E-state index >= 15 is 0 Å².